The maximum absolute atomic E-state index is 12.8. The standard InChI is InChI=1S/C18H16N2O/c19-13-14-6-5-9-16(12-14)18(21)20-11-4-3-8-15-7-1-2-10-17(15)20/h1-2,5-7,9-10,12H,3-4,8,11H2. The predicted octanol–water partition coefficient (Wildman–Crippen LogP) is 3.54. The molecule has 0 unspecified atom stereocenters. The van der Waals surface area contributed by atoms with Crippen LogP contribution in [0.5, 0.6) is 0 Å². The highest BCUT2D eigenvalue weighted by atomic mass is 16.2. The summed E-state index contributed by atoms with van der Waals surface area (Å²) in [6, 6.07) is 17.1. The van der Waals surface area contributed by atoms with E-state index in [0.717, 1.165) is 31.5 Å². The molecule has 0 bridgehead atoms. The normalized spacial score (nSPS) is 14.0. The molecule has 0 saturated carbocycles. The van der Waals surface area contributed by atoms with Crippen LogP contribution in [0.1, 0.15) is 34.3 Å². The van der Waals surface area contributed by atoms with Crippen molar-refractivity contribution in [1.82, 2.24) is 0 Å². The van der Waals surface area contributed by atoms with E-state index < -0.39 is 0 Å². The fourth-order valence-electron chi connectivity index (χ4n) is 2.78. The lowest BCUT2D eigenvalue weighted by molar-refractivity contribution is 0.0987. The lowest BCUT2D eigenvalue weighted by atomic mass is 10.1. The molecule has 0 fully saturated rings. The first-order valence-corrected chi connectivity index (χ1v) is 7.19. The number of fused-ring (bicyclic) bond motifs is 1. The molecule has 0 N–H and O–H groups in total. The van der Waals surface area contributed by atoms with E-state index in [1.54, 1.807) is 24.3 Å². The monoisotopic (exact) mass is 276 g/mol. The van der Waals surface area contributed by atoms with Gasteiger partial charge in [-0.2, -0.15) is 5.26 Å². The number of amides is 1. The topological polar surface area (TPSA) is 44.1 Å². The van der Waals surface area contributed by atoms with Crippen molar-refractivity contribution in [2.75, 3.05) is 11.4 Å². The summed E-state index contributed by atoms with van der Waals surface area (Å²) >= 11 is 0. The average molecular weight is 276 g/mol. The van der Waals surface area contributed by atoms with Crippen LogP contribution in [0.4, 0.5) is 5.69 Å². The fourth-order valence-corrected chi connectivity index (χ4v) is 2.78. The Bertz CT molecular complexity index is 715. The van der Waals surface area contributed by atoms with E-state index >= 15 is 0 Å². The molecule has 1 amide bonds. The third-order valence-corrected chi connectivity index (χ3v) is 3.84. The number of hydrogen-bond acceptors (Lipinski definition) is 2. The van der Waals surface area contributed by atoms with Crippen molar-refractivity contribution in [2.24, 2.45) is 0 Å². The molecule has 1 aliphatic heterocycles. The highest BCUT2D eigenvalue weighted by molar-refractivity contribution is 6.06. The van der Waals surface area contributed by atoms with Gasteiger partial charge in [0.15, 0.2) is 0 Å². The summed E-state index contributed by atoms with van der Waals surface area (Å²) in [5, 5.41) is 8.98. The van der Waals surface area contributed by atoms with Gasteiger partial charge in [0.25, 0.3) is 5.91 Å². The van der Waals surface area contributed by atoms with Gasteiger partial charge in [0.2, 0.25) is 0 Å². The van der Waals surface area contributed by atoms with Crippen molar-refractivity contribution < 1.29 is 4.79 Å². The molecule has 3 nitrogen and oxygen atoms in total. The van der Waals surface area contributed by atoms with Crippen molar-refractivity contribution in [2.45, 2.75) is 19.3 Å². The molecular weight excluding hydrogens is 260 g/mol. The Hall–Kier alpha value is -2.60. The first-order chi connectivity index (χ1) is 10.3. The minimum absolute atomic E-state index is 0.0264. The number of aryl methyl sites for hydroxylation is 1. The van der Waals surface area contributed by atoms with Gasteiger partial charge in [0.05, 0.1) is 11.6 Å². The molecule has 0 atom stereocenters. The minimum atomic E-state index is -0.0264. The Labute approximate surface area is 124 Å². The summed E-state index contributed by atoms with van der Waals surface area (Å²) in [4.78, 5) is 14.6. The van der Waals surface area contributed by atoms with Crippen molar-refractivity contribution in [3.8, 4) is 6.07 Å². The summed E-state index contributed by atoms with van der Waals surface area (Å²) in [5.41, 5.74) is 3.32. The van der Waals surface area contributed by atoms with Gasteiger partial charge < -0.3 is 4.90 Å². The molecular formula is C18H16N2O. The largest absolute Gasteiger partial charge is 0.308 e. The molecule has 2 aromatic carbocycles. The van der Waals surface area contributed by atoms with Crippen molar-refractivity contribution in [3.63, 3.8) is 0 Å². The number of carbonyl (C=O) groups excluding carboxylic acids is 1. The molecule has 2 aromatic rings. The molecule has 0 spiro atoms. The summed E-state index contributed by atoms with van der Waals surface area (Å²) in [5.74, 6) is -0.0264. The van der Waals surface area contributed by atoms with Gasteiger partial charge in [0, 0.05) is 17.8 Å². The van der Waals surface area contributed by atoms with Crippen LogP contribution in [0.2, 0.25) is 0 Å². The van der Waals surface area contributed by atoms with E-state index in [1.807, 2.05) is 23.1 Å². The Morgan fingerprint density at radius 3 is 2.81 bits per heavy atom. The van der Waals surface area contributed by atoms with Gasteiger partial charge in [-0.15, -0.1) is 0 Å². The van der Waals surface area contributed by atoms with Crippen molar-refractivity contribution >= 4 is 11.6 Å². The van der Waals surface area contributed by atoms with Gasteiger partial charge >= 0.3 is 0 Å². The van der Waals surface area contributed by atoms with E-state index in [0.29, 0.717) is 11.1 Å². The number of hydrogen-bond donors (Lipinski definition) is 0. The molecule has 21 heavy (non-hydrogen) atoms. The van der Waals surface area contributed by atoms with Crippen LogP contribution >= 0.6 is 0 Å². The van der Waals surface area contributed by atoms with E-state index in [4.69, 9.17) is 5.26 Å². The van der Waals surface area contributed by atoms with Gasteiger partial charge in [0.1, 0.15) is 0 Å². The molecule has 3 heteroatoms. The Morgan fingerprint density at radius 2 is 1.95 bits per heavy atom. The minimum Gasteiger partial charge on any atom is -0.308 e. The lowest BCUT2D eigenvalue weighted by Gasteiger charge is -2.23. The van der Waals surface area contributed by atoms with Crippen LogP contribution in [0.25, 0.3) is 0 Å². The quantitative estimate of drug-likeness (QED) is 0.799. The molecule has 104 valence electrons. The fraction of sp³-hybridized carbons (Fsp3) is 0.222. The Kier molecular flexibility index (Phi) is 3.70. The van der Waals surface area contributed by atoms with Gasteiger partial charge in [-0.3, -0.25) is 4.79 Å². The molecule has 0 saturated heterocycles. The number of nitrogens with zero attached hydrogens (tertiary/aromatic N) is 2. The second-order valence-corrected chi connectivity index (χ2v) is 5.24. The third kappa shape index (κ3) is 2.66. The second kappa shape index (κ2) is 5.80. The highest BCUT2D eigenvalue weighted by Crippen LogP contribution is 2.27. The predicted molar refractivity (Wildman–Crippen MR) is 82.2 cm³/mol. The number of nitriles is 1. The zero-order valence-corrected chi connectivity index (χ0v) is 11.7. The zero-order valence-electron chi connectivity index (χ0n) is 11.7. The number of carbonyl (C=O) groups is 1. The van der Waals surface area contributed by atoms with Crippen LogP contribution in [0.15, 0.2) is 48.5 Å². The number of para-hydroxylation sites is 1. The van der Waals surface area contributed by atoms with Crippen molar-refractivity contribution in [1.29, 1.82) is 5.26 Å². The van der Waals surface area contributed by atoms with Crippen LogP contribution in [-0.4, -0.2) is 12.5 Å². The summed E-state index contributed by atoms with van der Waals surface area (Å²) < 4.78 is 0. The highest BCUT2D eigenvalue weighted by Gasteiger charge is 2.22. The van der Waals surface area contributed by atoms with Crippen molar-refractivity contribution in [3.05, 3.63) is 65.2 Å². The van der Waals surface area contributed by atoms with Gasteiger partial charge in [-0.05, 0) is 49.1 Å². The molecule has 0 aromatic heterocycles. The lowest BCUT2D eigenvalue weighted by Crippen LogP contribution is -2.31. The smallest absolute Gasteiger partial charge is 0.258 e. The molecule has 1 heterocycles. The Balaban J connectivity index is 1.99. The van der Waals surface area contributed by atoms with Crippen LogP contribution in [0.3, 0.4) is 0 Å². The molecule has 1 aliphatic rings. The number of rotatable bonds is 1. The maximum atomic E-state index is 12.8. The second-order valence-electron chi connectivity index (χ2n) is 5.24. The van der Waals surface area contributed by atoms with Gasteiger partial charge in [-0.1, -0.05) is 24.3 Å². The summed E-state index contributed by atoms with van der Waals surface area (Å²) in [7, 11) is 0. The van der Waals surface area contributed by atoms with E-state index in [1.165, 1.54) is 5.56 Å². The van der Waals surface area contributed by atoms with Crippen LogP contribution in [-0.2, 0) is 6.42 Å². The maximum Gasteiger partial charge on any atom is 0.258 e. The average Bonchev–Trinajstić information content (AvgIpc) is 2.76. The zero-order chi connectivity index (χ0) is 14.7. The number of anilines is 1. The summed E-state index contributed by atoms with van der Waals surface area (Å²) in [6.45, 7) is 0.729. The first-order valence-electron chi connectivity index (χ1n) is 7.19. The molecule has 0 radical (unpaired) electrons. The first kappa shape index (κ1) is 13.4. The van der Waals surface area contributed by atoms with Crippen LogP contribution < -0.4 is 4.90 Å². The molecule has 0 aliphatic carbocycles. The van der Waals surface area contributed by atoms with Gasteiger partial charge in [-0.25, -0.2) is 0 Å². The Morgan fingerprint density at radius 1 is 1.10 bits per heavy atom. The third-order valence-electron chi connectivity index (χ3n) is 3.84. The van der Waals surface area contributed by atoms with E-state index in [-0.39, 0.29) is 5.91 Å². The molecule has 3 rings (SSSR count). The summed E-state index contributed by atoms with van der Waals surface area (Å²) in [6.07, 6.45) is 3.11. The number of benzene rings is 2. The van der Waals surface area contributed by atoms with E-state index in [9.17, 15) is 4.79 Å². The SMILES string of the molecule is N#Cc1cccc(C(=O)N2CCCCc3ccccc32)c1. The van der Waals surface area contributed by atoms with Crippen LogP contribution in [0, 0.1) is 11.3 Å². The van der Waals surface area contributed by atoms with E-state index in [2.05, 4.69) is 12.1 Å².